The molecule has 1 aliphatic heterocycles. The van der Waals surface area contributed by atoms with Crippen LogP contribution >= 0.6 is 11.8 Å². The zero-order chi connectivity index (χ0) is 14.4. The minimum Gasteiger partial charge on any atom is -0.325 e. The highest BCUT2D eigenvalue weighted by Gasteiger charge is 2.39. The standard InChI is InChI=1S/C16H22N2OS/c1-3-11-20-14-8-6-5-7-13(14)18-15(19)16(4-2)9-10-17-12-16/h3,5-8,17H,1,4,9-12H2,2H3,(H,18,19). The molecule has 1 aromatic carbocycles. The van der Waals surface area contributed by atoms with Gasteiger partial charge in [0.15, 0.2) is 0 Å². The molecule has 1 atom stereocenters. The number of nitrogens with one attached hydrogen (secondary N) is 2. The van der Waals surface area contributed by atoms with E-state index in [2.05, 4.69) is 24.1 Å². The van der Waals surface area contributed by atoms with Crippen LogP contribution < -0.4 is 10.6 Å². The quantitative estimate of drug-likeness (QED) is 0.624. The summed E-state index contributed by atoms with van der Waals surface area (Å²) in [5.74, 6) is 0.976. The van der Waals surface area contributed by atoms with Crippen molar-refractivity contribution in [2.75, 3.05) is 24.2 Å². The molecule has 20 heavy (non-hydrogen) atoms. The van der Waals surface area contributed by atoms with Crippen molar-refractivity contribution in [1.82, 2.24) is 5.32 Å². The number of thioether (sulfide) groups is 1. The molecule has 1 heterocycles. The summed E-state index contributed by atoms with van der Waals surface area (Å²) in [5, 5.41) is 6.42. The predicted octanol–water partition coefficient (Wildman–Crippen LogP) is 3.29. The minimum absolute atomic E-state index is 0.136. The fraction of sp³-hybridized carbons (Fsp3) is 0.438. The highest BCUT2D eigenvalue weighted by molar-refractivity contribution is 7.99. The van der Waals surface area contributed by atoms with E-state index in [4.69, 9.17) is 0 Å². The van der Waals surface area contributed by atoms with Crippen LogP contribution in [0, 0.1) is 5.41 Å². The lowest BCUT2D eigenvalue weighted by molar-refractivity contribution is -0.124. The van der Waals surface area contributed by atoms with Crippen molar-refractivity contribution in [2.24, 2.45) is 5.41 Å². The summed E-state index contributed by atoms with van der Waals surface area (Å²) >= 11 is 1.69. The van der Waals surface area contributed by atoms with Gasteiger partial charge in [0.05, 0.1) is 11.1 Å². The van der Waals surface area contributed by atoms with Crippen LogP contribution in [0.25, 0.3) is 0 Å². The smallest absolute Gasteiger partial charge is 0.231 e. The molecule has 0 saturated carbocycles. The van der Waals surface area contributed by atoms with Crippen LogP contribution in [0.4, 0.5) is 5.69 Å². The summed E-state index contributed by atoms with van der Waals surface area (Å²) in [6, 6.07) is 7.96. The third-order valence-electron chi connectivity index (χ3n) is 3.89. The number of amides is 1. The van der Waals surface area contributed by atoms with Crippen LogP contribution in [0.1, 0.15) is 19.8 Å². The maximum atomic E-state index is 12.6. The molecule has 0 spiro atoms. The van der Waals surface area contributed by atoms with Crippen molar-refractivity contribution in [3.63, 3.8) is 0 Å². The number of carbonyl (C=O) groups excluding carboxylic acids is 1. The molecule has 1 fully saturated rings. The second kappa shape index (κ2) is 6.95. The molecule has 2 rings (SSSR count). The Morgan fingerprint density at radius 2 is 2.35 bits per heavy atom. The molecule has 1 aliphatic rings. The third-order valence-corrected chi connectivity index (χ3v) is 4.96. The molecule has 0 radical (unpaired) electrons. The largest absolute Gasteiger partial charge is 0.325 e. The van der Waals surface area contributed by atoms with Crippen molar-refractivity contribution in [2.45, 2.75) is 24.7 Å². The molecular formula is C16H22N2OS. The fourth-order valence-electron chi connectivity index (χ4n) is 2.50. The zero-order valence-electron chi connectivity index (χ0n) is 11.9. The minimum atomic E-state index is -0.254. The van der Waals surface area contributed by atoms with E-state index in [1.54, 1.807) is 11.8 Å². The predicted molar refractivity (Wildman–Crippen MR) is 86.2 cm³/mol. The van der Waals surface area contributed by atoms with Gasteiger partial charge in [0, 0.05) is 17.2 Å². The molecule has 1 saturated heterocycles. The van der Waals surface area contributed by atoms with Crippen molar-refractivity contribution >= 4 is 23.4 Å². The van der Waals surface area contributed by atoms with Crippen LogP contribution in [0.5, 0.6) is 0 Å². The molecule has 108 valence electrons. The van der Waals surface area contributed by atoms with Gasteiger partial charge in [0.2, 0.25) is 5.91 Å². The van der Waals surface area contributed by atoms with Crippen molar-refractivity contribution in [3.8, 4) is 0 Å². The van der Waals surface area contributed by atoms with E-state index in [0.717, 1.165) is 42.3 Å². The van der Waals surface area contributed by atoms with Crippen LogP contribution in [0.2, 0.25) is 0 Å². The number of hydrogen-bond acceptors (Lipinski definition) is 3. The van der Waals surface area contributed by atoms with Gasteiger partial charge >= 0.3 is 0 Å². The second-order valence-corrected chi connectivity index (χ2v) is 6.17. The zero-order valence-corrected chi connectivity index (χ0v) is 12.8. The lowest BCUT2D eigenvalue weighted by Gasteiger charge is -2.25. The van der Waals surface area contributed by atoms with E-state index in [1.807, 2.05) is 30.3 Å². The maximum absolute atomic E-state index is 12.6. The first-order chi connectivity index (χ1) is 9.72. The van der Waals surface area contributed by atoms with Crippen LogP contribution in [-0.2, 0) is 4.79 Å². The molecule has 0 aromatic heterocycles. The van der Waals surface area contributed by atoms with E-state index in [1.165, 1.54) is 0 Å². The van der Waals surface area contributed by atoms with Crippen LogP contribution in [0.15, 0.2) is 41.8 Å². The summed E-state index contributed by atoms with van der Waals surface area (Å²) in [6.45, 7) is 7.53. The van der Waals surface area contributed by atoms with Gasteiger partial charge in [-0.15, -0.1) is 18.3 Å². The Bertz CT molecular complexity index is 481. The number of carbonyl (C=O) groups is 1. The van der Waals surface area contributed by atoms with E-state index in [-0.39, 0.29) is 11.3 Å². The molecule has 1 amide bonds. The van der Waals surface area contributed by atoms with Gasteiger partial charge in [-0.25, -0.2) is 0 Å². The van der Waals surface area contributed by atoms with Crippen LogP contribution in [-0.4, -0.2) is 24.7 Å². The summed E-state index contributed by atoms with van der Waals surface area (Å²) in [7, 11) is 0. The molecule has 0 aliphatic carbocycles. The van der Waals surface area contributed by atoms with Gasteiger partial charge in [-0.05, 0) is 31.5 Å². The fourth-order valence-corrected chi connectivity index (χ4v) is 3.25. The molecule has 3 nitrogen and oxygen atoms in total. The van der Waals surface area contributed by atoms with E-state index in [0.29, 0.717) is 0 Å². The summed E-state index contributed by atoms with van der Waals surface area (Å²) in [5.41, 5.74) is 0.653. The van der Waals surface area contributed by atoms with Gasteiger partial charge in [-0.2, -0.15) is 0 Å². The molecule has 1 unspecified atom stereocenters. The highest BCUT2D eigenvalue weighted by Crippen LogP contribution is 2.33. The Morgan fingerprint density at radius 1 is 1.55 bits per heavy atom. The molecule has 2 N–H and O–H groups in total. The van der Waals surface area contributed by atoms with Gasteiger partial charge in [0.1, 0.15) is 0 Å². The van der Waals surface area contributed by atoms with Crippen LogP contribution in [0.3, 0.4) is 0 Å². The van der Waals surface area contributed by atoms with E-state index in [9.17, 15) is 4.79 Å². The van der Waals surface area contributed by atoms with Gasteiger partial charge in [-0.3, -0.25) is 4.79 Å². The highest BCUT2D eigenvalue weighted by atomic mass is 32.2. The average molecular weight is 290 g/mol. The van der Waals surface area contributed by atoms with E-state index < -0.39 is 0 Å². The maximum Gasteiger partial charge on any atom is 0.231 e. The Kier molecular flexibility index (Phi) is 5.26. The van der Waals surface area contributed by atoms with Crippen molar-refractivity contribution in [3.05, 3.63) is 36.9 Å². The molecular weight excluding hydrogens is 268 g/mol. The summed E-state index contributed by atoms with van der Waals surface area (Å²) < 4.78 is 0. The Balaban J connectivity index is 2.12. The summed E-state index contributed by atoms with van der Waals surface area (Å²) in [4.78, 5) is 13.7. The van der Waals surface area contributed by atoms with Crippen molar-refractivity contribution in [1.29, 1.82) is 0 Å². The normalized spacial score (nSPS) is 21.6. The number of benzene rings is 1. The third kappa shape index (κ3) is 3.25. The Morgan fingerprint density at radius 3 is 3.00 bits per heavy atom. The van der Waals surface area contributed by atoms with E-state index >= 15 is 0 Å². The first-order valence-electron chi connectivity index (χ1n) is 7.07. The number of para-hydroxylation sites is 1. The SMILES string of the molecule is C=CCSc1ccccc1NC(=O)C1(CC)CCNC1. The van der Waals surface area contributed by atoms with Gasteiger partial charge in [0.25, 0.3) is 0 Å². The van der Waals surface area contributed by atoms with Crippen molar-refractivity contribution < 1.29 is 4.79 Å². The Hall–Kier alpha value is -1.26. The first kappa shape index (κ1) is 15.1. The molecule has 1 aromatic rings. The lowest BCUT2D eigenvalue weighted by Crippen LogP contribution is -2.37. The lowest BCUT2D eigenvalue weighted by atomic mass is 9.83. The topological polar surface area (TPSA) is 41.1 Å². The first-order valence-corrected chi connectivity index (χ1v) is 8.05. The Labute approximate surface area is 125 Å². The summed E-state index contributed by atoms with van der Waals surface area (Å²) in [6.07, 6.45) is 3.66. The number of anilines is 1. The van der Waals surface area contributed by atoms with Gasteiger partial charge < -0.3 is 10.6 Å². The molecule has 0 bridgehead atoms. The molecule has 4 heteroatoms. The monoisotopic (exact) mass is 290 g/mol. The average Bonchev–Trinajstić information content (AvgIpc) is 2.96. The second-order valence-electron chi connectivity index (χ2n) is 5.11. The number of hydrogen-bond donors (Lipinski definition) is 2. The number of rotatable bonds is 6. The van der Waals surface area contributed by atoms with Gasteiger partial charge in [-0.1, -0.05) is 25.1 Å².